The quantitative estimate of drug-likeness (QED) is 0.694. The van der Waals surface area contributed by atoms with E-state index in [2.05, 4.69) is 32.7 Å². The Kier molecular flexibility index (Phi) is 4.84. The van der Waals surface area contributed by atoms with Crippen molar-refractivity contribution in [1.29, 1.82) is 0 Å². The molecule has 0 bridgehead atoms. The van der Waals surface area contributed by atoms with Gasteiger partial charge in [0.15, 0.2) is 0 Å². The lowest BCUT2D eigenvalue weighted by Gasteiger charge is -2.04. The van der Waals surface area contributed by atoms with E-state index in [4.69, 9.17) is 17.3 Å². The van der Waals surface area contributed by atoms with Gasteiger partial charge in [-0.05, 0) is 36.6 Å². The van der Waals surface area contributed by atoms with Crippen molar-refractivity contribution in [2.75, 3.05) is 6.67 Å². The van der Waals surface area contributed by atoms with Gasteiger partial charge in [-0.1, -0.05) is 23.7 Å². The summed E-state index contributed by atoms with van der Waals surface area (Å²) in [4.78, 5) is 15.7. The van der Waals surface area contributed by atoms with E-state index in [-0.39, 0.29) is 6.67 Å². The average Bonchev–Trinajstić information content (AvgIpc) is 3.02. The molecule has 0 spiro atoms. The van der Waals surface area contributed by atoms with Crippen LogP contribution in [0.5, 0.6) is 0 Å². The second-order valence-electron chi connectivity index (χ2n) is 5.05. The lowest BCUT2D eigenvalue weighted by molar-refractivity contribution is 1.07. The van der Waals surface area contributed by atoms with Gasteiger partial charge in [0.05, 0.1) is 12.4 Å². The van der Waals surface area contributed by atoms with Crippen molar-refractivity contribution in [3.63, 3.8) is 0 Å². The summed E-state index contributed by atoms with van der Waals surface area (Å²) in [7, 11) is 0. The van der Waals surface area contributed by atoms with Crippen molar-refractivity contribution >= 4 is 35.1 Å². The Hall–Kier alpha value is -2.76. The highest BCUT2D eigenvalue weighted by atomic mass is 35.5. The maximum atomic E-state index is 5.96. The number of halogens is 1. The molecular formula is C18H16ClN5. The smallest absolute Gasteiger partial charge is 0.137 e. The number of nitrogens with one attached hydrogen (secondary N) is 1. The molecule has 0 saturated carbocycles. The standard InChI is InChI=1S/C18H16ClN5/c1-21-7-6-17(24-11-20)16-10-23-18-15(16)8-13(9-22-18)12-2-4-14(19)5-3-12/h2-10H,1,11,20H2,(H,22,23)/b7-6-,24-17+. The number of fused-ring (bicyclic) bond motifs is 1. The number of nitrogens with zero attached hydrogens (tertiary/aromatic N) is 3. The molecule has 6 heteroatoms. The summed E-state index contributed by atoms with van der Waals surface area (Å²) in [6.07, 6.45) is 7.05. The van der Waals surface area contributed by atoms with Gasteiger partial charge in [0.2, 0.25) is 0 Å². The van der Waals surface area contributed by atoms with Crippen molar-refractivity contribution in [2.24, 2.45) is 15.7 Å². The van der Waals surface area contributed by atoms with Crippen molar-refractivity contribution < 1.29 is 0 Å². The third kappa shape index (κ3) is 3.27. The van der Waals surface area contributed by atoms with Gasteiger partial charge in [0, 0.05) is 40.1 Å². The SMILES string of the molecule is C=N/C=C\C(=N/CN)c1c[nH]c2ncc(-c3ccc(Cl)cc3)cc12. The average molecular weight is 338 g/mol. The van der Waals surface area contributed by atoms with Gasteiger partial charge in [-0.25, -0.2) is 4.98 Å². The fourth-order valence-electron chi connectivity index (χ4n) is 2.46. The number of aliphatic imine (C=N–C) groups is 2. The number of nitrogens with two attached hydrogens (primary N) is 1. The predicted octanol–water partition coefficient (Wildman–Crippen LogP) is 3.80. The number of H-pyrrole nitrogens is 1. The number of hydrogen-bond acceptors (Lipinski definition) is 4. The van der Waals surface area contributed by atoms with Crippen LogP contribution in [0.1, 0.15) is 5.56 Å². The second-order valence-corrected chi connectivity index (χ2v) is 5.49. The first kappa shape index (κ1) is 16.1. The molecule has 3 N–H and O–H groups in total. The van der Waals surface area contributed by atoms with Crippen LogP contribution < -0.4 is 5.73 Å². The molecule has 0 saturated heterocycles. The molecule has 0 unspecified atom stereocenters. The van der Waals surface area contributed by atoms with Gasteiger partial charge in [0.1, 0.15) is 5.65 Å². The fraction of sp³-hybridized carbons (Fsp3) is 0.0556. The van der Waals surface area contributed by atoms with Crippen LogP contribution in [-0.2, 0) is 0 Å². The Labute approximate surface area is 144 Å². The largest absolute Gasteiger partial charge is 0.345 e. The molecule has 0 aliphatic heterocycles. The monoisotopic (exact) mass is 337 g/mol. The zero-order chi connectivity index (χ0) is 16.9. The first-order chi connectivity index (χ1) is 11.7. The summed E-state index contributed by atoms with van der Waals surface area (Å²) in [6.45, 7) is 3.63. The second kappa shape index (κ2) is 7.21. The number of allylic oxidation sites excluding steroid dienone is 1. The highest BCUT2D eigenvalue weighted by Crippen LogP contribution is 2.26. The first-order valence-corrected chi connectivity index (χ1v) is 7.71. The molecule has 2 heterocycles. The molecule has 2 aromatic heterocycles. The lowest BCUT2D eigenvalue weighted by Crippen LogP contribution is -2.02. The van der Waals surface area contributed by atoms with Gasteiger partial charge in [0.25, 0.3) is 0 Å². The predicted molar refractivity (Wildman–Crippen MR) is 101 cm³/mol. The highest BCUT2D eigenvalue weighted by Gasteiger charge is 2.10. The minimum absolute atomic E-state index is 0.188. The van der Waals surface area contributed by atoms with Crippen molar-refractivity contribution in [3.05, 3.63) is 65.6 Å². The van der Waals surface area contributed by atoms with Gasteiger partial charge >= 0.3 is 0 Å². The summed E-state index contributed by atoms with van der Waals surface area (Å²) in [5, 5.41) is 1.66. The summed E-state index contributed by atoms with van der Waals surface area (Å²) >= 11 is 5.96. The van der Waals surface area contributed by atoms with E-state index in [9.17, 15) is 0 Å². The first-order valence-electron chi connectivity index (χ1n) is 7.33. The van der Waals surface area contributed by atoms with Gasteiger partial charge in [-0.15, -0.1) is 0 Å². The Morgan fingerprint density at radius 1 is 1.29 bits per heavy atom. The Morgan fingerprint density at radius 3 is 2.79 bits per heavy atom. The van der Waals surface area contributed by atoms with Crippen molar-refractivity contribution in [3.8, 4) is 11.1 Å². The molecule has 0 amide bonds. The topological polar surface area (TPSA) is 79.4 Å². The minimum Gasteiger partial charge on any atom is -0.345 e. The maximum absolute atomic E-state index is 5.96. The molecule has 5 nitrogen and oxygen atoms in total. The summed E-state index contributed by atoms with van der Waals surface area (Å²) in [5.41, 5.74) is 10.0. The van der Waals surface area contributed by atoms with Crippen LogP contribution in [0.2, 0.25) is 5.02 Å². The van der Waals surface area contributed by atoms with E-state index >= 15 is 0 Å². The Balaban J connectivity index is 2.11. The van der Waals surface area contributed by atoms with Crippen LogP contribution in [0.4, 0.5) is 0 Å². The highest BCUT2D eigenvalue weighted by molar-refractivity contribution is 6.30. The summed E-state index contributed by atoms with van der Waals surface area (Å²) in [6, 6.07) is 9.72. The molecule has 0 radical (unpaired) electrons. The third-order valence-electron chi connectivity index (χ3n) is 3.58. The van der Waals surface area contributed by atoms with Crippen LogP contribution >= 0.6 is 11.6 Å². The molecule has 0 atom stereocenters. The maximum Gasteiger partial charge on any atom is 0.137 e. The van der Waals surface area contributed by atoms with E-state index in [0.29, 0.717) is 5.02 Å². The zero-order valence-corrected chi connectivity index (χ0v) is 13.7. The fourth-order valence-corrected chi connectivity index (χ4v) is 2.59. The molecule has 1 aromatic carbocycles. The Morgan fingerprint density at radius 2 is 2.08 bits per heavy atom. The number of pyridine rings is 1. The molecule has 0 aliphatic rings. The van der Waals surface area contributed by atoms with E-state index in [1.165, 1.54) is 0 Å². The molecule has 0 fully saturated rings. The lowest BCUT2D eigenvalue weighted by atomic mass is 10.0. The number of rotatable bonds is 5. The molecule has 24 heavy (non-hydrogen) atoms. The van der Waals surface area contributed by atoms with Crippen LogP contribution in [0.25, 0.3) is 22.2 Å². The van der Waals surface area contributed by atoms with Crippen molar-refractivity contribution in [2.45, 2.75) is 0 Å². The molecular weight excluding hydrogens is 322 g/mol. The Bertz CT molecular complexity index is 922. The zero-order valence-electron chi connectivity index (χ0n) is 12.9. The molecule has 3 aromatic rings. The van der Waals surface area contributed by atoms with Crippen LogP contribution in [0.15, 0.2) is 65.0 Å². The number of aromatic amines is 1. The summed E-state index contributed by atoms with van der Waals surface area (Å²) in [5.74, 6) is 0. The third-order valence-corrected chi connectivity index (χ3v) is 3.84. The summed E-state index contributed by atoms with van der Waals surface area (Å²) < 4.78 is 0. The van der Waals surface area contributed by atoms with Crippen LogP contribution in [-0.4, -0.2) is 29.1 Å². The van der Waals surface area contributed by atoms with E-state index in [0.717, 1.165) is 33.4 Å². The van der Waals surface area contributed by atoms with Crippen LogP contribution in [0.3, 0.4) is 0 Å². The normalized spacial score (nSPS) is 12.2. The molecule has 3 rings (SSSR count). The number of benzene rings is 1. The van der Waals surface area contributed by atoms with Crippen molar-refractivity contribution in [1.82, 2.24) is 9.97 Å². The number of hydrogen-bond donors (Lipinski definition) is 2. The van der Waals surface area contributed by atoms with E-state index in [1.807, 2.05) is 36.7 Å². The molecule has 0 aliphatic carbocycles. The minimum atomic E-state index is 0.188. The number of aromatic nitrogens is 2. The van der Waals surface area contributed by atoms with Crippen LogP contribution in [0, 0.1) is 0 Å². The van der Waals surface area contributed by atoms with E-state index < -0.39 is 0 Å². The van der Waals surface area contributed by atoms with Gasteiger partial charge < -0.3 is 10.7 Å². The van der Waals surface area contributed by atoms with Gasteiger partial charge in [-0.2, -0.15) is 0 Å². The van der Waals surface area contributed by atoms with Gasteiger partial charge in [-0.3, -0.25) is 9.98 Å². The molecule has 120 valence electrons. The van der Waals surface area contributed by atoms with E-state index in [1.54, 1.807) is 12.3 Å².